The number of rotatable bonds is 5. The van der Waals surface area contributed by atoms with Gasteiger partial charge in [-0.15, -0.1) is 0 Å². The lowest BCUT2D eigenvalue weighted by molar-refractivity contribution is 0.0937. The first-order chi connectivity index (χ1) is 8.40. The molecule has 1 atom stereocenters. The summed E-state index contributed by atoms with van der Waals surface area (Å²) in [4.78, 5) is 11.9. The van der Waals surface area contributed by atoms with Crippen LogP contribution in [-0.4, -0.2) is 17.1 Å². The van der Waals surface area contributed by atoms with Crippen LogP contribution in [0.25, 0.3) is 0 Å². The molecule has 2 N–H and O–H groups in total. The first-order valence-corrected chi connectivity index (χ1v) is 6.98. The van der Waals surface area contributed by atoms with Gasteiger partial charge in [-0.05, 0) is 59.8 Å². The quantitative estimate of drug-likeness (QED) is 0.870. The van der Waals surface area contributed by atoms with Gasteiger partial charge in [-0.2, -0.15) is 0 Å². The Kier molecular flexibility index (Phi) is 5.66. The van der Waals surface area contributed by atoms with Crippen LogP contribution >= 0.6 is 15.9 Å². The van der Waals surface area contributed by atoms with Crippen LogP contribution < -0.4 is 5.32 Å². The third-order valence-electron chi connectivity index (χ3n) is 2.76. The number of benzene rings is 1. The van der Waals surface area contributed by atoms with E-state index in [0.717, 1.165) is 12.8 Å². The highest BCUT2D eigenvalue weighted by Gasteiger charge is 2.11. The third kappa shape index (κ3) is 4.69. The fourth-order valence-corrected chi connectivity index (χ4v) is 1.86. The maximum Gasteiger partial charge on any atom is 0.251 e. The van der Waals surface area contributed by atoms with Crippen molar-refractivity contribution in [3.63, 3.8) is 0 Å². The summed E-state index contributed by atoms with van der Waals surface area (Å²) in [7, 11) is 0. The lowest BCUT2D eigenvalue weighted by Gasteiger charge is -2.15. The summed E-state index contributed by atoms with van der Waals surface area (Å²) in [6.07, 6.45) is 2.05. The predicted octanol–water partition coefficient (Wildman–Crippen LogP) is 3.71. The largest absolute Gasteiger partial charge is 0.507 e. The second-order valence-corrected chi connectivity index (χ2v) is 5.87. The van der Waals surface area contributed by atoms with Crippen LogP contribution in [-0.2, 0) is 0 Å². The molecule has 1 amide bonds. The van der Waals surface area contributed by atoms with Gasteiger partial charge in [0.15, 0.2) is 0 Å². The van der Waals surface area contributed by atoms with E-state index in [1.165, 1.54) is 6.07 Å². The van der Waals surface area contributed by atoms with Gasteiger partial charge in [0, 0.05) is 11.6 Å². The van der Waals surface area contributed by atoms with Gasteiger partial charge in [0.1, 0.15) is 5.75 Å². The molecule has 18 heavy (non-hydrogen) atoms. The minimum absolute atomic E-state index is 0.0810. The Bertz CT molecular complexity index is 418. The van der Waals surface area contributed by atoms with Gasteiger partial charge >= 0.3 is 0 Å². The summed E-state index contributed by atoms with van der Waals surface area (Å²) in [6, 6.07) is 4.97. The second-order valence-electron chi connectivity index (χ2n) is 5.01. The van der Waals surface area contributed by atoms with Crippen molar-refractivity contribution in [3.05, 3.63) is 28.2 Å². The lowest BCUT2D eigenvalue weighted by Crippen LogP contribution is -2.32. The van der Waals surface area contributed by atoms with E-state index < -0.39 is 0 Å². The second kappa shape index (κ2) is 6.78. The molecule has 0 fully saturated rings. The van der Waals surface area contributed by atoms with E-state index in [1.807, 2.05) is 6.92 Å². The van der Waals surface area contributed by atoms with Crippen LogP contribution in [0.4, 0.5) is 0 Å². The normalized spacial score (nSPS) is 12.5. The van der Waals surface area contributed by atoms with Crippen molar-refractivity contribution < 1.29 is 9.90 Å². The van der Waals surface area contributed by atoms with Gasteiger partial charge in [0.25, 0.3) is 5.91 Å². The molecule has 0 aliphatic heterocycles. The molecule has 0 bridgehead atoms. The van der Waals surface area contributed by atoms with E-state index in [2.05, 4.69) is 35.1 Å². The minimum Gasteiger partial charge on any atom is -0.507 e. The van der Waals surface area contributed by atoms with Gasteiger partial charge in [0.2, 0.25) is 0 Å². The Morgan fingerprint density at radius 1 is 1.33 bits per heavy atom. The summed E-state index contributed by atoms with van der Waals surface area (Å²) in [6.45, 7) is 6.33. The van der Waals surface area contributed by atoms with Crippen molar-refractivity contribution in [1.82, 2.24) is 5.32 Å². The summed E-state index contributed by atoms with van der Waals surface area (Å²) < 4.78 is 0.590. The average molecular weight is 314 g/mol. The highest BCUT2D eigenvalue weighted by Crippen LogP contribution is 2.24. The van der Waals surface area contributed by atoms with Gasteiger partial charge in [-0.3, -0.25) is 4.79 Å². The van der Waals surface area contributed by atoms with Crippen molar-refractivity contribution in [1.29, 1.82) is 0 Å². The Balaban J connectivity index is 2.56. The minimum atomic E-state index is -0.144. The van der Waals surface area contributed by atoms with Gasteiger partial charge in [-0.25, -0.2) is 0 Å². The first-order valence-electron chi connectivity index (χ1n) is 6.19. The molecule has 1 rings (SSSR count). The van der Waals surface area contributed by atoms with Crippen molar-refractivity contribution >= 4 is 21.8 Å². The van der Waals surface area contributed by atoms with Crippen molar-refractivity contribution in [2.75, 3.05) is 0 Å². The first kappa shape index (κ1) is 15.0. The molecule has 3 nitrogen and oxygen atoms in total. The molecule has 0 aromatic heterocycles. The van der Waals surface area contributed by atoms with Crippen LogP contribution in [0.2, 0.25) is 0 Å². The van der Waals surface area contributed by atoms with Gasteiger partial charge in [0.05, 0.1) is 4.47 Å². The van der Waals surface area contributed by atoms with E-state index >= 15 is 0 Å². The Morgan fingerprint density at radius 2 is 2.00 bits per heavy atom. The number of carbonyl (C=O) groups is 1. The molecule has 0 radical (unpaired) electrons. The molecule has 1 aromatic carbocycles. The fourth-order valence-electron chi connectivity index (χ4n) is 1.62. The number of nitrogens with one attached hydrogen (secondary N) is 1. The molecule has 0 aliphatic rings. The van der Waals surface area contributed by atoms with Gasteiger partial charge < -0.3 is 10.4 Å². The Labute approximate surface area is 117 Å². The summed E-state index contributed by atoms with van der Waals surface area (Å²) >= 11 is 3.19. The molecular weight excluding hydrogens is 294 g/mol. The Morgan fingerprint density at radius 3 is 2.56 bits per heavy atom. The molecule has 0 saturated heterocycles. The summed E-state index contributed by atoms with van der Waals surface area (Å²) in [5.41, 5.74) is 0.479. The average Bonchev–Trinajstić information content (AvgIpc) is 2.30. The number of hydrogen-bond acceptors (Lipinski definition) is 2. The number of carbonyl (C=O) groups excluding carboxylic acids is 1. The fraction of sp³-hybridized carbons (Fsp3) is 0.500. The number of hydrogen-bond donors (Lipinski definition) is 2. The Hall–Kier alpha value is -1.03. The summed E-state index contributed by atoms with van der Waals surface area (Å²) in [5, 5.41) is 12.5. The van der Waals surface area contributed by atoms with E-state index in [-0.39, 0.29) is 17.7 Å². The van der Waals surface area contributed by atoms with Crippen molar-refractivity contribution in [2.45, 2.75) is 39.7 Å². The van der Waals surface area contributed by atoms with Crippen molar-refractivity contribution in [2.24, 2.45) is 5.92 Å². The molecule has 0 aliphatic carbocycles. The molecule has 0 spiro atoms. The van der Waals surface area contributed by atoms with Crippen LogP contribution in [0.15, 0.2) is 22.7 Å². The van der Waals surface area contributed by atoms with Crippen molar-refractivity contribution in [3.8, 4) is 5.75 Å². The molecule has 0 heterocycles. The highest BCUT2D eigenvalue weighted by atomic mass is 79.9. The number of halogens is 1. The zero-order valence-electron chi connectivity index (χ0n) is 11.0. The van der Waals surface area contributed by atoms with E-state index in [9.17, 15) is 9.90 Å². The van der Waals surface area contributed by atoms with Crippen LogP contribution in [0.3, 0.4) is 0 Å². The standard InChI is InChI=1S/C14H20BrNO2/c1-9(2)4-5-10(3)16-14(18)11-6-7-12(15)13(17)8-11/h6-10,17H,4-5H2,1-3H3,(H,16,18). The SMILES string of the molecule is CC(C)CCC(C)NC(=O)c1ccc(Br)c(O)c1. The van der Waals surface area contributed by atoms with Gasteiger partial charge in [-0.1, -0.05) is 13.8 Å². The van der Waals surface area contributed by atoms with Crippen LogP contribution in [0, 0.1) is 5.92 Å². The zero-order chi connectivity index (χ0) is 13.7. The van der Waals surface area contributed by atoms with E-state index in [1.54, 1.807) is 12.1 Å². The summed E-state index contributed by atoms with van der Waals surface area (Å²) in [5.74, 6) is 0.576. The number of amides is 1. The topological polar surface area (TPSA) is 49.3 Å². The molecule has 100 valence electrons. The predicted molar refractivity (Wildman–Crippen MR) is 76.8 cm³/mol. The monoisotopic (exact) mass is 313 g/mol. The number of phenolic OH excluding ortho intramolecular Hbond substituents is 1. The molecule has 1 aromatic rings. The molecular formula is C14H20BrNO2. The molecule has 1 unspecified atom stereocenters. The highest BCUT2D eigenvalue weighted by molar-refractivity contribution is 9.10. The molecule has 0 saturated carbocycles. The van der Waals surface area contributed by atoms with Crippen LogP contribution in [0.1, 0.15) is 44.0 Å². The van der Waals surface area contributed by atoms with E-state index in [4.69, 9.17) is 0 Å². The number of phenols is 1. The lowest BCUT2D eigenvalue weighted by atomic mass is 10.0. The number of aromatic hydroxyl groups is 1. The molecule has 4 heteroatoms. The van der Waals surface area contributed by atoms with E-state index in [0.29, 0.717) is 16.0 Å². The zero-order valence-corrected chi connectivity index (χ0v) is 12.6. The van der Waals surface area contributed by atoms with Crippen LogP contribution in [0.5, 0.6) is 5.75 Å². The smallest absolute Gasteiger partial charge is 0.251 e. The maximum absolute atomic E-state index is 11.9. The maximum atomic E-state index is 11.9. The third-order valence-corrected chi connectivity index (χ3v) is 3.43.